The highest BCUT2D eigenvalue weighted by Crippen LogP contribution is 2.39. The molecular formula is C15H10Cl3N3O. The third kappa shape index (κ3) is 2.82. The lowest BCUT2D eigenvalue weighted by Gasteiger charge is -2.12. The molecule has 0 aliphatic carbocycles. The van der Waals surface area contributed by atoms with Gasteiger partial charge in [0, 0.05) is 10.9 Å². The molecular weight excluding hydrogens is 345 g/mol. The Balaban J connectivity index is 2.23. The lowest BCUT2D eigenvalue weighted by Crippen LogP contribution is -2.07. The Morgan fingerprint density at radius 2 is 1.68 bits per heavy atom. The van der Waals surface area contributed by atoms with Crippen LogP contribution in [0.1, 0.15) is 5.69 Å². The van der Waals surface area contributed by atoms with Gasteiger partial charge in [0.15, 0.2) is 0 Å². The minimum atomic E-state index is -1.65. The number of fused-ring (bicyclic) bond motifs is 1. The number of aromatic nitrogens is 3. The van der Waals surface area contributed by atoms with Crippen molar-refractivity contribution in [3.8, 4) is 17.0 Å². The maximum absolute atomic E-state index is 5.86. The van der Waals surface area contributed by atoms with Gasteiger partial charge in [0.25, 0.3) is 0 Å². The van der Waals surface area contributed by atoms with E-state index in [0.29, 0.717) is 5.69 Å². The van der Waals surface area contributed by atoms with Gasteiger partial charge in [-0.25, -0.2) is 0 Å². The van der Waals surface area contributed by atoms with Crippen molar-refractivity contribution in [1.29, 1.82) is 0 Å². The number of nitrogens with zero attached hydrogens (tertiary/aromatic N) is 3. The van der Waals surface area contributed by atoms with Gasteiger partial charge in [0.2, 0.25) is 3.79 Å². The van der Waals surface area contributed by atoms with Crippen LogP contribution in [0, 0.1) is 0 Å². The van der Waals surface area contributed by atoms with Crippen molar-refractivity contribution >= 4 is 45.6 Å². The fourth-order valence-corrected chi connectivity index (χ4v) is 2.53. The number of ether oxygens (including phenoxy) is 1. The SMILES string of the molecule is COc1ccc(-c2cc(C(Cl)(Cl)Cl)nnn2)c2ccccc12. The predicted molar refractivity (Wildman–Crippen MR) is 88.6 cm³/mol. The summed E-state index contributed by atoms with van der Waals surface area (Å²) >= 11 is 17.6. The number of benzene rings is 2. The Morgan fingerprint density at radius 3 is 2.36 bits per heavy atom. The van der Waals surface area contributed by atoms with Crippen molar-refractivity contribution in [2.45, 2.75) is 3.79 Å². The molecule has 112 valence electrons. The smallest absolute Gasteiger partial charge is 0.234 e. The summed E-state index contributed by atoms with van der Waals surface area (Å²) in [6.07, 6.45) is 0. The highest BCUT2D eigenvalue weighted by atomic mass is 35.6. The van der Waals surface area contributed by atoms with Crippen LogP contribution in [0.4, 0.5) is 0 Å². The summed E-state index contributed by atoms with van der Waals surface area (Å²) in [5.74, 6) is 0.781. The van der Waals surface area contributed by atoms with Crippen LogP contribution in [0.25, 0.3) is 22.0 Å². The summed E-state index contributed by atoms with van der Waals surface area (Å²) in [7, 11) is 1.63. The van der Waals surface area contributed by atoms with E-state index in [9.17, 15) is 0 Å². The largest absolute Gasteiger partial charge is 0.496 e. The predicted octanol–water partition coefficient (Wildman–Crippen LogP) is 4.53. The molecule has 22 heavy (non-hydrogen) atoms. The molecule has 0 saturated heterocycles. The van der Waals surface area contributed by atoms with Crippen LogP contribution in [0.2, 0.25) is 0 Å². The number of hydrogen-bond acceptors (Lipinski definition) is 4. The molecule has 1 heterocycles. The van der Waals surface area contributed by atoms with Crippen molar-refractivity contribution in [3.05, 3.63) is 48.2 Å². The number of alkyl halides is 3. The van der Waals surface area contributed by atoms with Gasteiger partial charge in [-0.3, -0.25) is 0 Å². The summed E-state index contributed by atoms with van der Waals surface area (Å²) in [5.41, 5.74) is 1.67. The van der Waals surface area contributed by atoms with E-state index in [2.05, 4.69) is 15.4 Å². The number of rotatable bonds is 2. The lowest BCUT2D eigenvalue weighted by molar-refractivity contribution is 0.420. The Morgan fingerprint density at radius 1 is 0.955 bits per heavy atom. The van der Waals surface area contributed by atoms with Crippen molar-refractivity contribution in [2.75, 3.05) is 7.11 Å². The first-order chi connectivity index (χ1) is 10.5. The second-order valence-corrected chi connectivity index (χ2v) is 6.84. The van der Waals surface area contributed by atoms with E-state index in [1.165, 1.54) is 0 Å². The van der Waals surface area contributed by atoms with Crippen molar-refractivity contribution in [1.82, 2.24) is 15.4 Å². The van der Waals surface area contributed by atoms with E-state index >= 15 is 0 Å². The highest BCUT2D eigenvalue weighted by molar-refractivity contribution is 6.66. The van der Waals surface area contributed by atoms with E-state index < -0.39 is 3.79 Å². The zero-order valence-corrected chi connectivity index (χ0v) is 13.7. The zero-order chi connectivity index (χ0) is 15.7. The van der Waals surface area contributed by atoms with Crippen molar-refractivity contribution < 1.29 is 4.74 Å². The number of methoxy groups -OCH3 is 1. The van der Waals surface area contributed by atoms with Crippen LogP contribution in [0.15, 0.2) is 42.5 Å². The zero-order valence-electron chi connectivity index (χ0n) is 11.4. The summed E-state index contributed by atoms with van der Waals surface area (Å²) in [6.45, 7) is 0. The van der Waals surface area contributed by atoms with E-state index in [0.717, 1.165) is 22.1 Å². The molecule has 0 aliphatic rings. The van der Waals surface area contributed by atoms with Gasteiger partial charge in [-0.2, -0.15) is 0 Å². The van der Waals surface area contributed by atoms with Gasteiger partial charge in [0.05, 0.1) is 12.8 Å². The molecule has 0 aliphatic heterocycles. The van der Waals surface area contributed by atoms with Crippen LogP contribution in [-0.4, -0.2) is 22.5 Å². The molecule has 2 aromatic carbocycles. The Kier molecular flexibility index (Phi) is 4.08. The van der Waals surface area contributed by atoms with E-state index in [4.69, 9.17) is 39.5 Å². The molecule has 0 fully saturated rings. The van der Waals surface area contributed by atoms with Gasteiger partial charge >= 0.3 is 0 Å². The maximum atomic E-state index is 5.86. The van der Waals surface area contributed by atoms with Crippen LogP contribution in [0.5, 0.6) is 5.75 Å². The molecule has 0 N–H and O–H groups in total. The van der Waals surface area contributed by atoms with Crippen LogP contribution in [0.3, 0.4) is 0 Å². The second-order valence-electron chi connectivity index (χ2n) is 4.56. The molecule has 4 nitrogen and oxygen atoms in total. The van der Waals surface area contributed by atoms with E-state index in [1.807, 2.05) is 36.4 Å². The second kappa shape index (κ2) is 5.88. The fraction of sp³-hybridized carbons (Fsp3) is 0.133. The maximum Gasteiger partial charge on any atom is 0.234 e. The molecule has 3 aromatic rings. The topological polar surface area (TPSA) is 47.9 Å². The van der Waals surface area contributed by atoms with Crippen LogP contribution >= 0.6 is 34.8 Å². The number of halogens is 3. The molecule has 7 heteroatoms. The molecule has 0 atom stereocenters. The molecule has 0 radical (unpaired) electrons. The normalized spacial score (nSPS) is 11.6. The summed E-state index contributed by atoms with van der Waals surface area (Å²) in [6, 6.07) is 13.2. The first-order valence-electron chi connectivity index (χ1n) is 6.34. The first-order valence-corrected chi connectivity index (χ1v) is 7.48. The van der Waals surface area contributed by atoms with Gasteiger partial charge in [-0.05, 0) is 28.8 Å². The average molecular weight is 355 g/mol. The Hall–Kier alpha value is -1.62. The molecule has 0 bridgehead atoms. The Labute approximate surface area is 142 Å². The Bertz CT molecular complexity index is 834. The molecule has 0 unspecified atom stereocenters. The summed E-state index contributed by atoms with van der Waals surface area (Å²) < 4.78 is 3.74. The molecule has 1 aromatic heterocycles. The van der Waals surface area contributed by atoms with Crippen molar-refractivity contribution in [3.63, 3.8) is 0 Å². The minimum Gasteiger partial charge on any atom is -0.496 e. The van der Waals surface area contributed by atoms with Crippen molar-refractivity contribution in [2.24, 2.45) is 0 Å². The lowest BCUT2D eigenvalue weighted by atomic mass is 10.0. The third-order valence-corrected chi connectivity index (χ3v) is 3.83. The quantitative estimate of drug-likeness (QED) is 0.635. The number of hydrogen-bond donors (Lipinski definition) is 0. The molecule has 0 spiro atoms. The standard InChI is InChI=1S/C15H10Cl3N3O/c1-22-13-7-6-10(9-4-2-3-5-11(9)13)12-8-14(15(16,17)18)20-21-19-12/h2-8H,1H3. The van der Waals surface area contributed by atoms with Gasteiger partial charge in [0.1, 0.15) is 11.4 Å². The van der Waals surface area contributed by atoms with Crippen LogP contribution in [-0.2, 0) is 3.79 Å². The summed E-state index contributed by atoms with van der Waals surface area (Å²) in [5, 5.41) is 13.5. The molecule has 3 rings (SSSR count). The molecule has 0 saturated carbocycles. The first kappa shape index (κ1) is 15.3. The van der Waals surface area contributed by atoms with Gasteiger partial charge in [-0.1, -0.05) is 59.1 Å². The monoisotopic (exact) mass is 353 g/mol. The molecule has 0 amide bonds. The average Bonchev–Trinajstić information content (AvgIpc) is 2.53. The fourth-order valence-electron chi connectivity index (χ4n) is 2.25. The highest BCUT2D eigenvalue weighted by Gasteiger charge is 2.26. The van der Waals surface area contributed by atoms with Crippen LogP contribution < -0.4 is 4.74 Å². The van der Waals surface area contributed by atoms with Gasteiger partial charge < -0.3 is 4.74 Å². The van der Waals surface area contributed by atoms with E-state index in [-0.39, 0.29) is 5.69 Å². The minimum absolute atomic E-state index is 0.224. The summed E-state index contributed by atoms with van der Waals surface area (Å²) in [4.78, 5) is 0. The van der Waals surface area contributed by atoms with Gasteiger partial charge in [-0.15, -0.1) is 10.2 Å². The third-order valence-electron chi connectivity index (χ3n) is 3.25. The van der Waals surface area contributed by atoms with E-state index in [1.54, 1.807) is 13.2 Å².